The van der Waals surface area contributed by atoms with Crippen LogP contribution in [0.25, 0.3) is 10.9 Å². The molecule has 0 saturated heterocycles. The number of fused-ring (bicyclic) bond motifs is 2. The maximum atomic E-state index is 13.0. The normalized spacial score (nSPS) is 13.5. The Morgan fingerprint density at radius 1 is 1.32 bits per heavy atom. The Kier molecular flexibility index (Phi) is 3.73. The van der Waals surface area contributed by atoms with Crippen LogP contribution in [0.15, 0.2) is 30.5 Å². The maximum Gasteiger partial charge on any atom is 0.271 e. The van der Waals surface area contributed by atoms with E-state index in [4.69, 9.17) is 9.84 Å². The third-order valence-corrected chi connectivity index (χ3v) is 4.80. The second kappa shape index (κ2) is 5.93. The number of carbonyl (C=O) groups excluding carboxylic acids is 1. The van der Waals surface area contributed by atoms with Crippen molar-refractivity contribution >= 4 is 16.8 Å². The van der Waals surface area contributed by atoms with E-state index in [9.17, 15) is 4.79 Å². The predicted molar refractivity (Wildman–Crippen MR) is 92.4 cm³/mol. The molecule has 3 aromatic rings. The Hall–Kier alpha value is -2.80. The van der Waals surface area contributed by atoms with Gasteiger partial charge >= 0.3 is 0 Å². The number of nitrogens with zero attached hydrogens (tertiary/aromatic N) is 4. The molecule has 2 aromatic heterocycles. The highest BCUT2D eigenvalue weighted by atomic mass is 16.5. The van der Waals surface area contributed by atoms with Crippen molar-refractivity contribution in [3.05, 3.63) is 47.4 Å². The Balaban J connectivity index is 1.63. The van der Waals surface area contributed by atoms with Crippen LogP contribution in [0.5, 0.6) is 5.75 Å². The molecular weight excluding hydrogens is 320 g/mol. The van der Waals surface area contributed by atoms with Crippen LogP contribution in [0.4, 0.5) is 0 Å². The van der Waals surface area contributed by atoms with E-state index in [1.165, 1.54) is 0 Å². The third-order valence-electron chi connectivity index (χ3n) is 4.80. The zero-order valence-electron chi connectivity index (χ0n) is 14.3. The van der Waals surface area contributed by atoms with Crippen LogP contribution in [0.3, 0.4) is 0 Å². The zero-order chi connectivity index (χ0) is 17.6. The standard InChI is InChI=1S/C18H20N4O3/c1-20-15-4-3-14(25-2)7-12(15)8-16(20)18(24)21-10-13-9-19-22(5-6-23)17(13)11-21/h3-4,7-9,23H,5-6,10-11H2,1-2H3. The lowest BCUT2D eigenvalue weighted by atomic mass is 10.2. The number of ether oxygens (including phenoxy) is 1. The van der Waals surface area contributed by atoms with Gasteiger partial charge in [-0.2, -0.15) is 5.10 Å². The van der Waals surface area contributed by atoms with Gasteiger partial charge in [0.1, 0.15) is 11.4 Å². The summed E-state index contributed by atoms with van der Waals surface area (Å²) < 4.78 is 8.95. The zero-order valence-corrected chi connectivity index (χ0v) is 14.3. The quantitative estimate of drug-likeness (QED) is 0.782. The topological polar surface area (TPSA) is 72.5 Å². The average Bonchev–Trinajstić information content (AvgIpc) is 3.29. The lowest BCUT2D eigenvalue weighted by Crippen LogP contribution is -2.28. The van der Waals surface area contributed by atoms with Gasteiger partial charge in [0, 0.05) is 30.1 Å². The summed E-state index contributed by atoms with van der Waals surface area (Å²) in [6, 6.07) is 7.70. The van der Waals surface area contributed by atoms with Crippen LogP contribution in [-0.2, 0) is 26.7 Å². The minimum absolute atomic E-state index is 0.00980. The summed E-state index contributed by atoms with van der Waals surface area (Å²) in [6.07, 6.45) is 1.78. The molecule has 7 heteroatoms. The maximum absolute atomic E-state index is 13.0. The highest BCUT2D eigenvalue weighted by Crippen LogP contribution is 2.28. The molecule has 25 heavy (non-hydrogen) atoms. The first-order chi connectivity index (χ1) is 12.1. The van der Waals surface area contributed by atoms with Gasteiger partial charge in [0.05, 0.1) is 38.7 Å². The van der Waals surface area contributed by atoms with E-state index in [1.807, 2.05) is 40.8 Å². The molecule has 1 aliphatic heterocycles. The molecule has 130 valence electrons. The molecule has 0 unspecified atom stereocenters. The molecule has 0 atom stereocenters. The molecule has 0 radical (unpaired) electrons. The van der Waals surface area contributed by atoms with Crippen molar-refractivity contribution < 1.29 is 14.6 Å². The van der Waals surface area contributed by atoms with Crippen molar-refractivity contribution in [3.8, 4) is 5.75 Å². The largest absolute Gasteiger partial charge is 0.497 e. The third kappa shape index (κ3) is 2.47. The molecule has 1 aromatic carbocycles. The monoisotopic (exact) mass is 340 g/mol. The Morgan fingerprint density at radius 2 is 2.16 bits per heavy atom. The molecule has 0 spiro atoms. The van der Waals surface area contributed by atoms with E-state index < -0.39 is 0 Å². The summed E-state index contributed by atoms with van der Waals surface area (Å²) in [6.45, 7) is 1.54. The van der Waals surface area contributed by atoms with Crippen LogP contribution >= 0.6 is 0 Å². The van der Waals surface area contributed by atoms with Gasteiger partial charge in [-0.25, -0.2) is 0 Å². The van der Waals surface area contributed by atoms with Gasteiger partial charge in [-0.15, -0.1) is 0 Å². The number of hydrogen-bond donors (Lipinski definition) is 1. The highest BCUT2D eigenvalue weighted by Gasteiger charge is 2.29. The summed E-state index contributed by atoms with van der Waals surface area (Å²) in [7, 11) is 3.53. The summed E-state index contributed by atoms with van der Waals surface area (Å²) in [5.41, 5.74) is 3.69. The lowest BCUT2D eigenvalue weighted by Gasteiger charge is -2.16. The number of aliphatic hydroxyl groups is 1. The van der Waals surface area contributed by atoms with Gasteiger partial charge in [0.2, 0.25) is 0 Å². The van der Waals surface area contributed by atoms with Gasteiger partial charge < -0.3 is 19.3 Å². The van der Waals surface area contributed by atoms with Crippen LogP contribution in [0, 0.1) is 0 Å². The first-order valence-corrected chi connectivity index (χ1v) is 8.19. The molecule has 1 aliphatic rings. The van der Waals surface area contributed by atoms with Crippen molar-refractivity contribution in [1.82, 2.24) is 19.2 Å². The Morgan fingerprint density at radius 3 is 2.92 bits per heavy atom. The molecule has 1 N–H and O–H groups in total. The average molecular weight is 340 g/mol. The SMILES string of the molecule is COc1ccc2c(c1)cc(C(=O)N1Cc3cnn(CCO)c3C1)n2C. The van der Waals surface area contributed by atoms with Crippen molar-refractivity contribution in [3.63, 3.8) is 0 Å². The van der Waals surface area contributed by atoms with E-state index in [2.05, 4.69) is 5.10 Å². The Labute approximate surface area is 145 Å². The fourth-order valence-corrected chi connectivity index (χ4v) is 3.46. The molecular formula is C18H20N4O3. The molecule has 0 aliphatic carbocycles. The minimum Gasteiger partial charge on any atom is -0.497 e. The van der Waals surface area contributed by atoms with Crippen molar-refractivity contribution in [1.29, 1.82) is 0 Å². The van der Waals surface area contributed by atoms with E-state index in [0.29, 0.717) is 25.3 Å². The number of benzene rings is 1. The number of amides is 1. The number of rotatable bonds is 4. The fraction of sp³-hybridized carbons (Fsp3) is 0.333. The van der Waals surface area contributed by atoms with Crippen LogP contribution in [0.2, 0.25) is 0 Å². The summed E-state index contributed by atoms with van der Waals surface area (Å²) in [5.74, 6) is 0.763. The number of aliphatic hydroxyl groups excluding tert-OH is 1. The number of aryl methyl sites for hydroxylation is 1. The Bertz CT molecular complexity index is 957. The number of carbonyl (C=O) groups is 1. The first kappa shape index (κ1) is 15.7. The van der Waals surface area contributed by atoms with Gasteiger partial charge in [-0.1, -0.05) is 0 Å². The second-order valence-corrected chi connectivity index (χ2v) is 6.24. The van der Waals surface area contributed by atoms with E-state index in [-0.39, 0.29) is 12.5 Å². The minimum atomic E-state index is -0.00980. The molecule has 7 nitrogen and oxygen atoms in total. The number of hydrogen-bond acceptors (Lipinski definition) is 4. The molecule has 4 rings (SSSR count). The molecule has 0 fully saturated rings. The summed E-state index contributed by atoms with van der Waals surface area (Å²) in [4.78, 5) is 14.8. The lowest BCUT2D eigenvalue weighted by molar-refractivity contribution is 0.0738. The van der Waals surface area contributed by atoms with E-state index >= 15 is 0 Å². The van der Waals surface area contributed by atoms with Crippen LogP contribution in [-0.4, -0.2) is 44.0 Å². The summed E-state index contributed by atoms with van der Waals surface area (Å²) >= 11 is 0. The van der Waals surface area contributed by atoms with Crippen molar-refractivity contribution in [2.75, 3.05) is 13.7 Å². The predicted octanol–water partition coefficient (Wildman–Crippen LogP) is 1.53. The molecule has 0 bridgehead atoms. The van der Waals surface area contributed by atoms with Crippen molar-refractivity contribution in [2.45, 2.75) is 19.6 Å². The number of methoxy groups -OCH3 is 1. The van der Waals surface area contributed by atoms with E-state index in [0.717, 1.165) is 27.9 Å². The van der Waals surface area contributed by atoms with Gasteiger partial charge in [-0.3, -0.25) is 9.48 Å². The van der Waals surface area contributed by atoms with Gasteiger partial charge in [-0.05, 0) is 24.3 Å². The fourth-order valence-electron chi connectivity index (χ4n) is 3.46. The molecule has 0 saturated carbocycles. The summed E-state index contributed by atoms with van der Waals surface area (Å²) in [5, 5.41) is 14.4. The van der Waals surface area contributed by atoms with Gasteiger partial charge in [0.25, 0.3) is 5.91 Å². The van der Waals surface area contributed by atoms with Gasteiger partial charge in [0.15, 0.2) is 0 Å². The van der Waals surface area contributed by atoms with E-state index in [1.54, 1.807) is 18.0 Å². The molecule has 1 amide bonds. The van der Waals surface area contributed by atoms with Crippen LogP contribution in [0.1, 0.15) is 21.7 Å². The smallest absolute Gasteiger partial charge is 0.271 e. The second-order valence-electron chi connectivity index (χ2n) is 6.24. The van der Waals surface area contributed by atoms with Crippen molar-refractivity contribution in [2.24, 2.45) is 7.05 Å². The number of aromatic nitrogens is 3. The van der Waals surface area contributed by atoms with Crippen LogP contribution < -0.4 is 4.74 Å². The highest BCUT2D eigenvalue weighted by molar-refractivity contribution is 5.99. The first-order valence-electron chi connectivity index (χ1n) is 8.19. The molecule has 3 heterocycles.